The van der Waals surface area contributed by atoms with E-state index in [1.54, 1.807) is 41.9 Å². The third kappa shape index (κ3) is 4.13. The molecule has 1 aromatic carbocycles. The van der Waals surface area contributed by atoms with Gasteiger partial charge in [0.2, 0.25) is 0 Å². The number of halogens is 1. The normalized spacial score (nSPS) is 11.7. The van der Waals surface area contributed by atoms with Gasteiger partial charge in [-0.25, -0.2) is 9.97 Å². The van der Waals surface area contributed by atoms with Crippen LogP contribution in [0.15, 0.2) is 36.5 Å². The monoisotopic (exact) mass is 380 g/mol. The number of carbonyl (C=O) groups excluding carboxylic acids is 1. The molecule has 0 aliphatic heterocycles. The Kier molecular flexibility index (Phi) is 5.19. The lowest BCUT2D eigenvalue weighted by Gasteiger charge is -2.14. The number of pyridine rings is 1. The van der Waals surface area contributed by atoms with Gasteiger partial charge in [-0.3, -0.25) is 4.79 Å². The highest BCUT2D eigenvalue weighted by Gasteiger charge is 2.20. The van der Waals surface area contributed by atoms with Gasteiger partial charge >= 0.3 is 0 Å². The zero-order valence-electron chi connectivity index (χ0n) is 15.1. The van der Waals surface area contributed by atoms with Crippen molar-refractivity contribution in [2.24, 2.45) is 0 Å². The van der Waals surface area contributed by atoms with E-state index in [9.17, 15) is 4.79 Å². The second-order valence-electron chi connectivity index (χ2n) is 6.16. The van der Waals surface area contributed by atoms with Crippen LogP contribution in [-0.4, -0.2) is 25.7 Å². The highest BCUT2D eigenvalue weighted by Crippen LogP contribution is 2.18. The maximum absolute atomic E-state index is 12.6. The number of nitrogens with one attached hydrogen (secondary N) is 1. The standard InChI is InChI=1S/C19H17ClN6O/c1-11-6-15(8-16(20)7-11)19(27)23-12(2)18-24-13(3)25-26(18)17-5-4-14(9-21)10-22-17/h4-8,10,12H,1-3H3,(H,23,27)/t12-/m0/s1. The van der Waals surface area contributed by atoms with Crippen LogP contribution in [0.2, 0.25) is 5.02 Å². The average molecular weight is 381 g/mol. The van der Waals surface area contributed by atoms with E-state index in [0.717, 1.165) is 5.56 Å². The van der Waals surface area contributed by atoms with E-state index in [1.165, 1.54) is 6.20 Å². The third-order valence-corrected chi connectivity index (χ3v) is 4.09. The first kappa shape index (κ1) is 18.5. The summed E-state index contributed by atoms with van der Waals surface area (Å²) in [7, 11) is 0. The predicted molar refractivity (Wildman–Crippen MR) is 101 cm³/mol. The summed E-state index contributed by atoms with van der Waals surface area (Å²) in [5, 5.41) is 16.7. The molecule has 0 bridgehead atoms. The van der Waals surface area contributed by atoms with Crippen molar-refractivity contribution in [3.63, 3.8) is 0 Å². The zero-order valence-corrected chi connectivity index (χ0v) is 15.8. The maximum Gasteiger partial charge on any atom is 0.251 e. The van der Waals surface area contributed by atoms with Gasteiger partial charge in [-0.15, -0.1) is 5.10 Å². The molecule has 0 saturated heterocycles. The summed E-state index contributed by atoms with van der Waals surface area (Å²) in [6.45, 7) is 5.46. The fraction of sp³-hybridized carbons (Fsp3) is 0.211. The molecule has 0 saturated carbocycles. The lowest BCUT2D eigenvalue weighted by atomic mass is 10.1. The van der Waals surface area contributed by atoms with Crippen LogP contribution in [0.1, 0.15) is 46.1 Å². The fourth-order valence-corrected chi connectivity index (χ4v) is 2.96. The molecule has 0 aliphatic carbocycles. The van der Waals surface area contributed by atoms with Crippen LogP contribution in [0, 0.1) is 25.2 Å². The molecule has 2 aromatic heterocycles. The molecule has 1 amide bonds. The number of amides is 1. The Balaban J connectivity index is 1.87. The Morgan fingerprint density at radius 3 is 2.70 bits per heavy atom. The van der Waals surface area contributed by atoms with Gasteiger partial charge in [0.05, 0.1) is 11.6 Å². The van der Waals surface area contributed by atoms with Crippen LogP contribution < -0.4 is 5.32 Å². The molecular formula is C19H17ClN6O. The van der Waals surface area contributed by atoms with Gasteiger partial charge < -0.3 is 5.32 Å². The molecule has 1 N–H and O–H groups in total. The Bertz CT molecular complexity index is 1020. The molecule has 27 heavy (non-hydrogen) atoms. The summed E-state index contributed by atoms with van der Waals surface area (Å²) >= 11 is 6.04. The SMILES string of the molecule is Cc1cc(Cl)cc(C(=O)N[C@@H](C)c2nc(C)nn2-c2ccc(C#N)cn2)c1. The van der Waals surface area contributed by atoms with Crippen molar-refractivity contribution in [3.8, 4) is 11.9 Å². The minimum atomic E-state index is -0.421. The van der Waals surface area contributed by atoms with Gasteiger partial charge in [0.25, 0.3) is 5.91 Å². The number of hydrogen-bond acceptors (Lipinski definition) is 5. The summed E-state index contributed by atoms with van der Waals surface area (Å²) in [6.07, 6.45) is 1.47. The van der Waals surface area contributed by atoms with Crippen molar-refractivity contribution >= 4 is 17.5 Å². The smallest absolute Gasteiger partial charge is 0.251 e. The van der Waals surface area contributed by atoms with Crippen molar-refractivity contribution in [2.75, 3.05) is 0 Å². The fourth-order valence-electron chi connectivity index (χ4n) is 2.67. The Labute approximate surface area is 161 Å². The number of aryl methyl sites for hydroxylation is 2. The molecule has 136 valence electrons. The second-order valence-corrected chi connectivity index (χ2v) is 6.59. The Morgan fingerprint density at radius 2 is 2.07 bits per heavy atom. The van der Waals surface area contributed by atoms with Gasteiger partial charge in [-0.05, 0) is 56.7 Å². The molecule has 8 heteroatoms. The maximum atomic E-state index is 12.6. The summed E-state index contributed by atoms with van der Waals surface area (Å²) in [5.74, 6) is 1.35. The summed E-state index contributed by atoms with van der Waals surface area (Å²) in [4.78, 5) is 21.3. The highest BCUT2D eigenvalue weighted by molar-refractivity contribution is 6.31. The van der Waals surface area contributed by atoms with E-state index in [4.69, 9.17) is 16.9 Å². The third-order valence-electron chi connectivity index (χ3n) is 3.87. The minimum absolute atomic E-state index is 0.256. The van der Waals surface area contributed by atoms with Crippen LogP contribution in [0.25, 0.3) is 5.82 Å². The number of carbonyl (C=O) groups is 1. The first-order valence-electron chi connectivity index (χ1n) is 8.25. The van der Waals surface area contributed by atoms with Gasteiger partial charge in [-0.1, -0.05) is 11.6 Å². The topological polar surface area (TPSA) is 96.5 Å². The molecule has 0 fully saturated rings. The minimum Gasteiger partial charge on any atom is -0.342 e. The van der Waals surface area contributed by atoms with E-state index in [2.05, 4.69) is 20.4 Å². The van der Waals surface area contributed by atoms with Gasteiger partial charge in [0, 0.05) is 16.8 Å². The van der Waals surface area contributed by atoms with E-state index in [-0.39, 0.29) is 5.91 Å². The van der Waals surface area contributed by atoms with Crippen molar-refractivity contribution in [2.45, 2.75) is 26.8 Å². The van der Waals surface area contributed by atoms with Crippen molar-refractivity contribution in [1.82, 2.24) is 25.1 Å². The molecule has 1 atom stereocenters. The van der Waals surface area contributed by atoms with Crippen LogP contribution in [0.5, 0.6) is 0 Å². The lowest BCUT2D eigenvalue weighted by Crippen LogP contribution is -2.29. The molecule has 7 nitrogen and oxygen atoms in total. The van der Waals surface area contributed by atoms with E-state index < -0.39 is 6.04 Å². The number of rotatable bonds is 4. The van der Waals surface area contributed by atoms with Crippen LogP contribution in [0.4, 0.5) is 0 Å². The van der Waals surface area contributed by atoms with E-state index in [0.29, 0.717) is 33.6 Å². The van der Waals surface area contributed by atoms with Crippen LogP contribution >= 0.6 is 11.6 Å². The van der Waals surface area contributed by atoms with Crippen molar-refractivity contribution < 1.29 is 4.79 Å². The van der Waals surface area contributed by atoms with Gasteiger partial charge in [-0.2, -0.15) is 9.94 Å². The highest BCUT2D eigenvalue weighted by atomic mass is 35.5. The largest absolute Gasteiger partial charge is 0.342 e. The molecule has 3 rings (SSSR count). The van der Waals surface area contributed by atoms with Crippen LogP contribution in [-0.2, 0) is 0 Å². The first-order valence-corrected chi connectivity index (χ1v) is 8.63. The quantitative estimate of drug-likeness (QED) is 0.749. The Hall–Kier alpha value is -3.24. The number of nitrogens with zero attached hydrogens (tertiary/aromatic N) is 5. The van der Waals surface area contributed by atoms with E-state index >= 15 is 0 Å². The summed E-state index contributed by atoms with van der Waals surface area (Å²) in [6, 6.07) is 10.1. The predicted octanol–water partition coefficient (Wildman–Crippen LogP) is 3.30. The number of hydrogen-bond donors (Lipinski definition) is 1. The van der Waals surface area contributed by atoms with Gasteiger partial charge in [0.1, 0.15) is 11.9 Å². The summed E-state index contributed by atoms with van der Waals surface area (Å²) < 4.78 is 1.56. The Morgan fingerprint density at radius 1 is 1.30 bits per heavy atom. The van der Waals surface area contributed by atoms with Gasteiger partial charge in [0.15, 0.2) is 11.6 Å². The first-order chi connectivity index (χ1) is 12.9. The summed E-state index contributed by atoms with van der Waals surface area (Å²) in [5.41, 5.74) is 1.84. The molecular weight excluding hydrogens is 364 g/mol. The number of benzene rings is 1. The molecule has 3 aromatic rings. The number of nitriles is 1. The molecule has 0 radical (unpaired) electrons. The van der Waals surface area contributed by atoms with E-state index in [1.807, 2.05) is 19.9 Å². The lowest BCUT2D eigenvalue weighted by molar-refractivity contribution is 0.0937. The molecule has 0 unspecified atom stereocenters. The van der Waals surface area contributed by atoms with Crippen LogP contribution in [0.3, 0.4) is 0 Å². The molecule has 2 heterocycles. The second kappa shape index (κ2) is 7.56. The number of aromatic nitrogens is 4. The van der Waals surface area contributed by atoms with Crippen molar-refractivity contribution in [3.05, 3.63) is 69.9 Å². The average Bonchev–Trinajstić information content (AvgIpc) is 3.03. The molecule has 0 spiro atoms. The van der Waals surface area contributed by atoms with Crippen molar-refractivity contribution in [1.29, 1.82) is 5.26 Å². The zero-order chi connectivity index (χ0) is 19.6. The molecule has 0 aliphatic rings.